The lowest BCUT2D eigenvalue weighted by atomic mass is 10.0. The van der Waals surface area contributed by atoms with Gasteiger partial charge in [-0.3, -0.25) is 9.59 Å². The molecule has 0 aromatic heterocycles. The second kappa shape index (κ2) is 6.06. The van der Waals surface area contributed by atoms with Crippen LogP contribution in [0.25, 0.3) is 0 Å². The third-order valence-corrected chi connectivity index (χ3v) is 4.04. The number of rotatable bonds is 5. The molecule has 0 aliphatic carbocycles. The number of hydrogen-bond donors (Lipinski definition) is 1. The third-order valence-electron chi connectivity index (χ3n) is 2.99. The van der Waals surface area contributed by atoms with Crippen molar-refractivity contribution in [1.82, 2.24) is 4.90 Å². The van der Waals surface area contributed by atoms with E-state index in [2.05, 4.69) is 0 Å². The van der Waals surface area contributed by atoms with Crippen LogP contribution in [-0.2, 0) is 9.59 Å². The van der Waals surface area contributed by atoms with Crippen LogP contribution in [0.15, 0.2) is 29.2 Å². The molecule has 6 heteroatoms. The number of halogens is 1. The maximum absolute atomic E-state index is 13.3. The Balaban J connectivity index is 1.71. The van der Waals surface area contributed by atoms with Gasteiger partial charge < -0.3 is 10.0 Å². The zero-order valence-electron chi connectivity index (χ0n) is 10.2. The minimum Gasteiger partial charge on any atom is -0.481 e. The minimum atomic E-state index is -0.857. The molecular formula is C13H14FNO3S. The largest absolute Gasteiger partial charge is 0.481 e. The number of carbonyl (C=O) groups excluding carboxylic acids is 1. The molecule has 0 saturated carbocycles. The maximum atomic E-state index is 13.3. The molecule has 0 atom stereocenters. The van der Waals surface area contributed by atoms with Crippen molar-refractivity contribution in [3.63, 3.8) is 0 Å². The van der Waals surface area contributed by atoms with E-state index in [9.17, 15) is 14.0 Å². The summed E-state index contributed by atoms with van der Waals surface area (Å²) in [6.45, 7) is 0.580. The van der Waals surface area contributed by atoms with Crippen LogP contribution < -0.4 is 0 Å². The second-order valence-corrected chi connectivity index (χ2v) is 5.50. The van der Waals surface area contributed by atoms with Crippen molar-refractivity contribution in [2.75, 3.05) is 18.8 Å². The standard InChI is InChI=1S/C13H14FNO3S/c14-10-3-1-2-4-11(10)19-6-5-12(16)15-7-9(8-15)13(17)18/h1-4,9H,5-8H2,(H,17,18). The molecule has 4 nitrogen and oxygen atoms in total. The summed E-state index contributed by atoms with van der Waals surface area (Å²) in [5.41, 5.74) is 0. The SMILES string of the molecule is O=C(O)C1CN(C(=O)CCSc2ccccc2F)C1. The normalized spacial score (nSPS) is 15.1. The number of benzene rings is 1. The molecule has 1 heterocycles. The first-order valence-electron chi connectivity index (χ1n) is 5.96. The molecule has 19 heavy (non-hydrogen) atoms. The first-order valence-corrected chi connectivity index (χ1v) is 6.94. The highest BCUT2D eigenvalue weighted by molar-refractivity contribution is 7.99. The van der Waals surface area contributed by atoms with Crippen molar-refractivity contribution in [2.45, 2.75) is 11.3 Å². The van der Waals surface area contributed by atoms with Crippen LogP contribution in [0.3, 0.4) is 0 Å². The molecule has 1 amide bonds. The quantitative estimate of drug-likeness (QED) is 0.838. The van der Waals surface area contributed by atoms with Crippen molar-refractivity contribution < 1.29 is 19.1 Å². The van der Waals surface area contributed by atoms with Gasteiger partial charge in [-0.2, -0.15) is 0 Å². The second-order valence-electron chi connectivity index (χ2n) is 4.36. The number of carbonyl (C=O) groups is 2. The van der Waals surface area contributed by atoms with Gasteiger partial charge in [-0.1, -0.05) is 12.1 Å². The van der Waals surface area contributed by atoms with Crippen LogP contribution in [0.2, 0.25) is 0 Å². The average molecular weight is 283 g/mol. The lowest BCUT2D eigenvalue weighted by Crippen LogP contribution is -2.53. The Morgan fingerprint density at radius 3 is 2.68 bits per heavy atom. The Morgan fingerprint density at radius 1 is 1.37 bits per heavy atom. The Morgan fingerprint density at radius 2 is 2.05 bits per heavy atom. The number of nitrogens with zero attached hydrogens (tertiary/aromatic N) is 1. The van der Waals surface area contributed by atoms with Gasteiger partial charge in [-0.05, 0) is 12.1 Å². The van der Waals surface area contributed by atoms with E-state index >= 15 is 0 Å². The van der Waals surface area contributed by atoms with E-state index in [4.69, 9.17) is 5.11 Å². The van der Waals surface area contributed by atoms with Crippen molar-refractivity contribution in [3.8, 4) is 0 Å². The van der Waals surface area contributed by atoms with Gasteiger partial charge in [0, 0.05) is 30.2 Å². The molecule has 0 radical (unpaired) electrons. The molecule has 0 bridgehead atoms. The fourth-order valence-corrected chi connectivity index (χ4v) is 2.68. The van der Waals surface area contributed by atoms with Gasteiger partial charge in [-0.25, -0.2) is 4.39 Å². The zero-order valence-corrected chi connectivity index (χ0v) is 11.0. The van der Waals surface area contributed by atoms with Gasteiger partial charge >= 0.3 is 5.97 Å². The highest BCUT2D eigenvalue weighted by Gasteiger charge is 2.35. The van der Waals surface area contributed by atoms with Gasteiger partial charge in [0.2, 0.25) is 5.91 Å². The highest BCUT2D eigenvalue weighted by atomic mass is 32.2. The fourth-order valence-electron chi connectivity index (χ4n) is 1.81. The van der Waals surface area contributed by atoms with Gasteiger partial charge in [-0.15, -0.1) is 11.8 Å². The van der Waals surface area contributed by atoms with Crippen molar-refractivity contribution in [3.05, 3.63) is 30.1 Å². The Hall–Kier alpha value is -1.56. The predicted octanol–water partition coefficient (Wildman–Crippen LogP) is 1.85. The summed E-state index contributed by atoms with van der Waals surface area (Å²) in [5, 5.41) is 8.70. The lowest BCUT2D eigenvalue weighted by Gasteiger charge is -2.36. The number of carboxylic acid groups (broad SMARTS) is 1. The molecule has 1 aliphatic rings. The average Bonchev–Trinajstić information content (AvgIpc) is 2.29. The van der Waals surface area contributed by atoms with Crippen molar-refractivity contribution in [1.29, 1.82) is 0 Å². The highest BCUT2D eigenvalue weighted by Crippen LogP contribution is 2.23. The van der Waals surface area contributed by atoms with Gasteiger partial charge in [0.15, 0.2) is 0 Å². The van der Waals surface area contributed by atoms with Crippen LogP contribution in [0.4, 0.5) is 4.39 Å². The number of amides is 1. The van der Waals surface area contributed by atoms with Crippen LogP contribution in [0.5, 0.6) is 0 Å². The zero-order chi connectivity index (χ0) is 13.8. The predicted molar refractivity (Wildman–Crippen MR) is 69.4 cm³/mol. The molecule has 1 saturated heterocycles. The van der Waals surface area contributed by atoms with Crippen molar-refractivity contribution >= 4 is 23.6 Å². The number of likely N-dealkylation sites (tertiary alicyclic amines) is 1. The summed E-state index contributed by atoms with van der Waals surface area (Å²) in [4.78, 5) is 24.4. The number of aliphatic carboxylic acids is 1. The van der Waals surface area contributed by atoms with Gasteiger partial charge in [0.05, 0.1) is 5.92 Å². The molecule has 1 aliphatic heterocycles. The summed E-state index contributed by atoms with van der Waals surface area (Å²) < 4.78 is 13.3. The molecule has 0 spiro atoms. The van der Waals surface area contributed by atoms with E-state index in [1.54, 1.807) is 18.2 Å². The first-order chi connectivity index (χ1) is 9.08. The molecule has 2 rings (SSSR count). The fraction of sp³-hybridized carbons (Fsp3) is 0.385. The minimum absolute atomic E-state index is 0.0682. The third kappa shape index (κ3) is 3.47. The van der Waals surface area contributed by atoms with Crippen LogP contribution in [0.1, 0.15) is 6.42 Å². The van der Waals surface area contributed by atoms with Gasteiger partial charge in [0.25, 0.3) is 0 Å². The summed E-state index contributed by atoms with van der Waals surface area (Å²) >= 11 is 1.30. The van der Waals surface area contributed by atoms with Crippen molar-refractivity contribution in [2.24, 2.45) is 5.92 Å². The number of carboxylic acids is 1. The van der Waals surface area contributed by atoms with Gasteiger partial charge in [0.1, 0.15) is 5.82 Å². The Bertz CT molecular complexity index is 489. The van der Waals surface area contributed by atoms with E-state index < -0.39 is 11.9 Å². The molecule has 1 aromatic rings. The first kappa shape index (κ1) is 13.9. The van der Waals surface area contributed by atoms with E-state index in [1.165, 1.54) is 22.7 Å². The Kier molecular flexibility index (Phi) is 4.42. The summed E-state index contributed by atoms with van der Waals surface area (Å²) in [6.07, 6.45) is 0.297. The topological polar surface area (TPSA) is 57.6 Å². The summed E-state index contributed by atoms with van der Waals surface area (Å²) in [6, 6.07) is 6.43. The van der Waals surface area contributed by atoms with E-state index in [-0.39, 0.29) is 11.7 Å². The lowest BCUT2D eigenvalue weighted by molar-refractivity contribution is -0.152. The molecule has 102 valence electrons. The summed E-state index contributed by atoms with van der Waals surface area (Å²) in [5.74, 6) is -1.14. The number of hydrogen-bond acceptors (Lipinski definition) is 3. The monoisotopic (exact) mass is 283 g/mol. The van der Waals surface area contributed by atoms with Crippen LogP contribution in [-0.4, -0.2) is 40.7 Å². The van der Waals surface area contributed by atoms with E-state index in [1.807, 2.05) is 0 Å². The molecule has 1 N–H and O–H groups in total. The molecule has 0 unspecified atom stereocenters. The van der Waals surface area contributed by atoms with E-state index in [0.29, 0.717) is 30.2 Å². The molecule has 1 fully saturated rings. The van der Waals surface area contributed by atoms with E-state index in [0.717, 1.165) is 0 Å². The molecular weight excluding hydrogens is 269 g/mol. The Labute approximate surface area is 114 Å². The number of thioether (sulfide) groups is 1. The van der Waals surface area contributed by atoms with Crippen LogP contribution in [0, 0.1) is 11.7 Å². The van der Waals surface area contributed by atoms with Crippen LogP contribution >= 0.6 is 11.8 Å². The summed E-state index contributed by atoms with van der Waals surface area (Å²) in [7, 11) is 0. The smallest absolute Gasteiger partial charge is 0.310 e. The molecule has 1 aromatic carbocycles. The maximum Gasteiger partial charge on any atom is 0.310 e.